The van der Waals surface area contributed by atoms with Crippen LogP contribution in [0.5, 0.6) is 0 Å². The molecular weight excluding hydrogens is 358 g/mol. The van der Waals surface area contributed by atoms with Crippen molar-refractivity contribution >= 4 is 16.7 Å². The van der Waals surface area contributed by atoms with Crippen LogP contribution in [0.2, 0.25) is 0 Å². The van der Waals surface area contributed by atoms with Gasteiger partial charge >= 0.3 is 5.97 Å². The van der Waals surface area contributed by atoms with E-state index < -0.39 is 5.97 Å². The quantitative estimate of drug-likeness (QED) is 0.497. The van der Waals surface area contributed by atoms with Crippen LogP contribution in [-0.2, 0) is 17.9 Å². The van der Waals surface area contributed by atoms with Gasteiger partial charge in [0.05, 0.1) is 5.39 Å². The highest BCUT2D eigenvalue weighted by atomic mass is 16.5. The van der Waals surface area contributed by atoms with Gasteiger partial charge in [-0.15, -0.1) is 0 Å². The van der Waals surface area contributed by atoms with Gasteiger partial charge in [-0.05, 0) is 13.0 Å². The molecule has 7 nitrogen and oxygen atoms in total. The fourth-order valence-electron chi connectivity index (χ4n) is 2.93. The lowest BCUT2D eigenvalue weighted by molar-refractivity contribution is 0.0430. The first-order chi connectivity index (χ1) is 13.7. The van der Waals surface area contributed by atoms with Crippen LogP contribution < -0.4 is 5.56 Å². The molecule has 0 fully saturated rings. The highest BCUT2D eigenvalue weighted by Crippen LogP contribution is 2.20. The minimum absolute atomic E-state index is 0.0834. The smallest absolute Gasteiger partial charge is 0.359 e. The van der Waals surface area contributed by atoms with Gasteiger partial charge in [-0.2, -0.15) is 5.10 Å². The molecule has 28 heavy (non-hydrogen) atoms. The number of carbonyl (C=O) groups is 1. The summed E-state index contributed by atoms with van der Waals surface area (Å²) in [4.78, 5) is 25.0. The van der Waals surface area contributed by atoms with Crippen LogP contribution in [0.1, 0.15) is 23.2 Å². The maximum atomic E-state index is 12.6. The van der Waals surface area contributed by atoms with Gasteiger partial charge in [-0.25, -0.2) is 9.48 Å². The normalized spacial score (nSPS) is 10.9. The summed E-state index contributed by atoms with van der Waals surface area (Å²) >= 11 is 0. The van der Waals surface area contributed by atoms with Gasteiger partial charge in [0.2, 0.25) is 0 Å². The third kappa shape index (κ3) is 3.29. The molecule has 0 amide bonds. The molecule has 0 N–H and O–H groups in total. The highest BCUT2D eigenvalue weighted by molar-refractivity contribution is 6.02. The van der Waals surface area contributed by atoms with Crippen molar-refractivity contribution in [1.82, 2.24) is 14.9 Å². The zero-order valence-corrected chi connectivity index (χ0v) is 15.2. The van der Waals surface area contributed by atoms with Crippen LogP contribution in [0.3, 0.4) is 0 Å². The lowest BCUT2D eigenvalue weighted by Crippen LogP contribution is -2.25. The van der Waals surface area contributed by atoms with Gasteiger partial charge in [0.25, 0.3) is 5.56 Å². The van der Waals surface area contributed by atoms with Crippen molar-refractivity contribution in [3.8, 4) is 11.3 Å². The molecule has 0 aliphatic rings. The Bertz CT molecular complexity index is 1200. The zero-order valence-electron chi connectivity index (χ0n) is 15.2. The van der Waals surface area contributed by atoms with Crippen LogP contribution in [0.4, 0.5) is 0 Å². The van der Waals surface area contributed by atoms with Crippen molar-refractivity contribution in [3.63, 3.8) is 0 Å². The molecule has 140 valence electrons. The van der Waals surface area contributed by atoms with Crippen molar-refractivity contribution in [2.75, 3.05) is 0 Å². The predicted octanol–water partition coefficient (Wildman–Crippen LogP) is 3.43. The van der Waals surface area contributed by atoms with Gasteiger partial charge < -0.3 is 9.26 Å². The lowest BCUT2D eigenvalue weighted by atomic mass is 10.1. The first kappa shape index (κ1) is 17.7. The molecule has 0 radical (unpaired) electrons. The van der Waals surface area contributed by atoms with Crippen LogP contribution >= 0.6 is 0 Å². The second-order valence-corrected chi connectivity index (χ2v) is 6.14. The van der Waals surface area contributed by atoms with Gasteiger partial charge in [-0.1, -0.05) is 53.7 Å². The molecule has 0 aliphatic heterocycles. The number of aryl methyl sites for hydroxylation is 1. The van der Waals surface area contributed by atoms with Crippen molar-refractivity contribution in [2.24, 2.45) is 0 Å². The first-order valence-electron chi connectivity index (χ1n) is 8.85. The van der Waals surface area contributed by atoms with E-state index in [-0.39, 0.29) is 17.9 Å². The van der Waals surface area contributed by atoms with Gasteiger partial charge in [0, 0.05) is 23.6 Å². The topological polar surface area (TPSA) is 87.2 Å². The Morgan fingerprint density at radius 1 is 1.07 bits per heavy atom. The summed E-state index contributed by atoms with van der Waals surface area (Å²) in [5.41, 5.74) is 1.43. The Morgan fingerprint density at radius 3 is 2.54 bits per heavy atom. The minimum atomic E-state index is -0.629. The number of hydrogen-bond acceptors (Lipinski definition) is 6. The Balaban J connectivity index is 1.57. The van der Waals surface area contributed by atoms with E-state index in [9.17, 15) is 9.59 Å². The Labute approximate surface area is 160 Å². The number of hydrogen-bond donors (Lipinski definition) is 0. The summed E-state index contributed by atoms with van der Waals surface area (Å²) in [6, 6.07) is 18.1. The summed E-state index contributed by atoms with van der Waals surface area (Å²) < 4.78 is 11.9. The third-order valence-corrected chi connectivity index (χ3v) is 4.33. The standard InChI is InChI=1S/C21H17N3O4/c1-2-24-20(25)17-11-7-6-10-16(17)19(22-24)21(26)27-13-15-12-18(23-28-15)14-8-4-3-5-9-14/h3-12H,2,13H2,1H3. The number of aromatic nitrogens is 3. The highest BCUT2D eigenvalue weighted by Gasteiger charge is 2.18. The molecule has 0 spiro atoms. The van der Waals surface area contributed by atoms with Crippen molar-refractivity contribution in [1.29, 1.82) is 0 Å². The lowest BCUT2D eigenvalue weighted by Gasteiger charge is -2.08. The third-order valence-electron chi connectivity index (χ3n) is 4.33. The SMILES string of the molecule is CCn1nc(C(=O)OCc2cc(-c3ccccc3)no2)c2ccccc2c1=O. The van der Waals surface area contributed by atoms with E-state index in [1.165, 1.54) is 4.68 Å². The average molecular weight is 375 g/mol. The molecule has 4 aromatic rings. The Hall–Kier alpha value is -3.74. The van der Waals surface area contributed by atoms with E-state index in [0.29, 0.717) is 28.8 Å². The fourth-order valence-corrected chi connectivity index (χ4v) is 2.93. The number of rotatable bonds is 5. The maximum Gasteiger partial charge on any atom is 0.359 e. The Morgan fingerprint density at radius 2 is 1.79 bits per heavy atom. The van der Waals surface area contributed by atoms with E-state index >= 15 is 0 Å². The van der Waals surface area contributed by atoms with Gasteiger partial charge in [0.1, 0.15) is 5.69 Å². The van der Waals surface area contributed by atoms with Crippen LogP contribution in [0.25, 0.3) is 22.0 Å². The molecular formula is C21H17N3O4. The molecule has 2 aromatic carbocycles. The molecule has 0 atom stereocenters. The summed E-state index contributed by atoms with van der Waals surface area (Å²) in [6.45, 7) is 2.06. The summed E-state index contributed by atoms with van der Waals surface area (Å²) in [7, 11) is 0. The van der Waals surface area contributed by atoms with Crippen LogP contribution in [-0.4, -0.2) is 20.9 Å². The molecule has 2 heterocycles. The van der Waals surface area contributed by atoms with Crippen molar-refractivity contribution < 1.29 is 14.1 Å². The molecule has 0 aliphatic carbocycles. The number of esters is 1. The molecule has 0 saturated carbocycles. The average Bonchev–Trinajstić information content (AvgIpc) is 3.22. The number of ether oxygens (including phenoxy) is 1. The zero-order chi connectivity index (χ0) is 19.5. The molecule has 0 bridgehead atoms. The monoisotopic (exact) mass is 375 g/mol. The van der Waals surface area contributed by atoms with Gasteiger partial charge in [0.15, 0.2) is 18.1 Å². The summed E-state index contributed by atoms with van der Waals surface area (Å²) in [5.74, 6) is -0.212. The molecule has 0 saturated heterocycles. The second kappa shape index (κ2) is 7.48. The summed E-state index contributed by atoms with van der Waals surface area (Å²) in [6.07, 6.45) is 0. The first-order valence-corrected chi connectivity index (χ1v) is 8.85. The van der Waals surface area contributed by atoms with E-state index in [4.69, 9.17) is 9.26 Å². The van der Waals surface area contributed by atoms with E-state index in [1.54, 1.807) is 37.3 Å². The fraction of sp³-hybridized carbons (Fsp3) is 0.143. The minimum Gasteiger partial charge on any atom is -0.453 e. The molecule has 2 aromatic heterocycles. The van der Waals surface area contributed by atoms with Crippen molar-refractivity contribution in [3.05, 3.63) is 82.5 Å². The molecule has 7 heteroatoms. The molecule has 4 rings (SSSR count). The van der Waals surface area contributed by atoms with Gasteiger partial charge in [-0.3, -0.25) is 4.79 Å². The van der Waals surface area contributed by atoms with Crippen LogP contribution in [0, 0.1) is 0 Å². The Kier molecular flexibility index (Phi) is 4.72. The van der Waals surface area contributed by atoms with E-state index in [0.717, 1.165) is 5.56 Å². The second-order valence-electron chi connectivity index (χ2n) is 6.14. The number of benzene rings is 2. The summed E-state index contributed by atoms with van der Waals surface area (Å²) in [5, 5.41) is 9.06. The number of fused-ring (bicyclic) bond motifs is 1. The van der Waals surface area contributed by atoms with Crippen LogP contribution in [0.15, 0.2) is 70.0 Å². The van der Waals surface area contributed by atoms with E-state index in [2.05, 4.69) is 10.3 Å². The molecule has 0 unspecified atom stereocenters. The largest absolute Gasteiger partial charge is 0.453 e. The van der Waals surface area contributed by atoms with E-state index in [1.807, 2.05) is 30.3 Å². The number of nitrogens with zero attached hydrogens (tertiary/aromatic N) is 3. The van der Waals surface area contributed by atoms with Crippen molar-refractivity contribution in [2.45, 2.75) is 20.1 Å². The number of carbonyl (C=O) groups excluding carboxylic acids is 1. The predicted molar refractivity (Wildman–Crippen MR) is 103 cm³/mol. The maximum absolute atomic E-state index is 12.6.